The van der Waals surface area contributed by atoms with E-state index in [2.05, 4.69) is 10.0 Å². The van der Waals surface area contributed by atoms with Crippen molar-refractivity contribution in [2.24, 2.45) is 0 Å². The van der Waals surface area contributed by atoms with Crippen LogP contribution in [0.3, 0.4) is 0 Å². The minimum Gasteiger partial charge on any atom is -0.380 e. The van der Waals surface area contributed by atoms with E-state index in [0.717, 1.165) is 11.8 Å². The molecule has 0 atom stereocenters. The van der Waals surface area contributed by atoms with E-state index >= 15 is 0 Å². The number of benzene rings is 2. The van der Waals surface area contributed by atoms with Gasteiger partial charge >= 0.3 is 0 Å². The summed E-state index contributed by atoms with van der Waals surface area (Å²) in [6, 6.07) is 13.6. The standard InChI is InChI=1S/C16H18N2O4S/c1-22-11-12-4-3-5-13(10-12)16(19)17-14-6-8-15(9-7-14)18-23(2,20)21/h3-10,18H,11H2,1-2H3,(H,17,19). The van der Waals surface area contributed by atoms with Crippen molar-refractivity contribution in [2.75, 3.05) is 23.4 Å². The van der Waals surface area contributed by atoms with E-state index in [0.29, 0.717) is 23.5 Å². The summed E-state index contributed by atoms with van der Waals surface area (Å²) >= 11 is 0. The summed E-state index contributed by atoms with van der Waals surface area (Å²) in [4.78, 5) is 12.2. The third-order valence-electron chi connectivity index (χ3n) is 2.95. The summed E-state index contributed by atoms with van der Waals surface area (Å²) in [5, 5.41) is 2.76. The zero-order valence-corrected chi connectivity index (χ0v) is 13.7. The van der Waals surface area contributed by atoms with Gasteiger partial charge in [0.25, 0.3) is 5.91 Å². The van der Waals surface area contributed by atoms with Crippen molar-refractivity contribution < 1.29 is 17.9 Å². The molecule has 6 nitrogen and oxygen atoms in total. The number of hydrogen-bond donors (Lipinski definition) is 2. The van der Waals surface area contributed by atoms with E-state index in [1.807, 2.05) is 6.07 Å². The maximum absolute atomic E-state index is 12.2. The summed E-state index contributed by atoms with van der Waals surface area (Å²) < 4.78 is 29.7. The van der Waals surface area contributed by atoms with Crippen LogP contribution in [0.25, 0.3) is 0 Å². The highest BCUT2D eigenvalue weighted by Gasteiger charge is 2.07. The van der Waals surface area contributed by atoms with E-state index in [-0.39, 0.29) is 5.91 Å². The van der Waals surface area contributed by atoms with Gasteiger partial charge in [-0.1, -0.05) is 12.1 Å². The molecule has 0 aliphatic rings. The highest BCUT2D eigenvalue weighted by Crippen LogP contribution is 2.16. The molecule has 0 aromatic heterocycles. The molecule has 0 aliphatic heterocycles. The fraction of sp³-hybridized carbons (Fsp3) is 0.188. The highest BCUT2D eigenvalue weighted by atomic mass is 32.2. The number of amides is 1. The Hall–Kier alpha value is -2.38. The Morgan fingerprint density at radius 1 is 1.09 bits per heavy atom. The lowest BCUT2D eigenvalue weighted by atomic mass is 10.1. The fourth-order valence-corrected chi connectivity index (χ4v) is 2.57. The Labute approximate surface area is 135 Å². The van der Waals surface area contributed by atoms with Crippen molar-refractivity contribution in [1.82, 2.24) is 0 Å². The molecule has 0 saturated carbocycles. The van der Waals surface area contributed by atoms with Crippen LogP contribution in [-0.2, 0) is 21.4 Å². The Balaban J connectivity index is 2.06. The average molecular weight is 334 g/mol. The van der Waals surface area contributed by atoms with Crippen molar-refractivity contribution in [3.05, 3.63) is 59.7 Å². The molecule has 0 unspecified atom stereocenters. The number of ether oxygens (including phenoxy) is 1. The maximum Gasteiger partial charge on any atom is 0.255 e. The molecular formula is C16H18N2O4S. The van der Waals surface area contributed by atoms with Crippen molar-refractivity contribution >= 4 is 27.3 Å². The SMILES string of the molecule is COCc1cccc(C(=O)Nc2ccc(NS(C)(=O)=O)cc2)c1. The predicted molar refractivity (Wildman–Crippen MR) is 90.0 cm³/mol. The van der Waals surface area contributed by atoms with E-state index in [1.165, 1.54) is 0 Å². The second-order valence-corrected chi connectivity index (χ2v) is 6.79. The number of sulfonamides is 1. The number of nitrogens with one attached hydrogen (secondary N) is 2. The number of carbonyl (C=O) groups is 1. The molecule has 0 aliphatic carbocycles. The fourth-order valence-electron chi connectivity index (χ4n) is 2.01. The van der Waals surface area contributed by atoms with Crippen molar-refractivity contribution in [1.29, 1.82) is 0 Å². The molecule has 2 rings (SSSR count). The quantitative estimate of drug-likeness (QED) is 0.850. The van der Waals surface area contributed by atoms with Gasteiger partial charge in [0.1, 0.15) is 0 Å². The van der Waals surface area contributed by atoms with Gasteiger partial charge in [-0.25, -0.2) is 8.42 Å². The zero-order valence-electron chi connectivity index (χ0n) is 12.9. The molecule has 0 bridgehead atoms. The molecule has 7 heteroatoms. The Morgan fingerprint density at radius 2 is 1.74 bits per heavy atom. The molecule has 0 spiro atoms. The van der Waals surface area contributed by atoms with Gasteiger partial charge in [-0.05, 0) is 42.0 Å². The molecule has 0 radical (unpaired) electrons. The number of hydrogen-bond acceptors (Lipinski definition) is 4. The number of carbonyl (C=O) groups excluding carboxylic acids is 1. The molecule has 0 saturated heterocycles. The molecule has 2 aromatic carbocycles. The molecule has 2 N–H and O–H groups in total. The second-order valence-electron chi connectivity index (χ2n) is 5.04. The van der Waals surface area contributed by atoms with Crippen LogP contribution < -0.4 is 10.0 Å². The normalized spacial score (nSPS) is 11.0. The Kier molecular flexibility index (Phi) is 5.36. The van der Waals surface area contributed by atoms with E-state index in [4.69, 9.17) is 4.74 Å². The van der Waals surface area contributed by atoms with E-state index in [1.54, 1.807) is 49.6 Å². The van der Waals surface area contributed by atoms with Crippen LogP contribution in [0.2, 0.25) is 0 Å². The van der Waals surface area contributed by atoms with Crippen LogP contribution in [0, 0.1) is 0 Å². The lowest BCUT2D eigenvalue weighted by molar-refractivity contribution is 0.102. The van der Waals surface area contributed by atoms with Crippen LogP contribution in [-0.4, -0.2) is 27.7 Å². The Bertz CT molecular complexity index is 786. The summed E-state index contributed by atoms with van der Waals surface area (Å²) in [6.45, 7) is 0.437. The van der Waals surface area contributed by atoms with Crippen molar-refractivity contribution in [2.45, 2.75) is 6.61 Å². The van der Waals surface area contributed by atoms with Gasteiger partial charge in [-0.15, -0.1) is 0 Å². The van der Waals surface area contributed by atoms with Gasteiger partial charge in [0, 0.05) is 24.0 Å². The molecule has 122 valence electrons. The number of rotatable bonds is 6. The van der Waals surface area contributed by atoms with Gasteiger partial charge in [0.15, 0.2) is 0 Å². The largest absolute Gasteiger partial charge is 0.380 e. The van der Waals surface area contributed by atoms with Gasteiger partial charge in [0.05, 0.1) is 12.9 Å². The minimum absolute atomic E-state index is 0.244. The van der Waals surface area contributed by atoms with Crippen molar-refractivity contribution in [3.63, 3.8) is 0 Å². The Morgan fingerprint density at radius 3 is 2.35 bits per heavy atom. The topological polar surface area (TPSA) is 84.5 Å². The molecule has 23 heavy (non-hydrogen) atoms. The second kappa shape index (κ2) is 7.26. The van der Waals surface area contributed by atoms with Gasteiger partial charge in [0.2, 0.25) is 10.0 Å². The van der Waals surface area contributed by atoms with Crippen molar-refractivity contribution in [3.8, 4) is 0 Å². The smallest absolute Gasteiger partial charge is 0.255 e. The van der Waals surface area contributed by atoms with Crippen LogP contribution in [0.5, 0.6) is 0 Å². The van der Waals surface area contributed by atoms with Crippen LogP contribution in [0.15, 0.2) is 48.5 Å². The summed E-state index contributed by atoms with van der Waals surface area (Å²) in [5.74, 6) is -0.244. The molecular weight excluding hydrogens is 316 g/mol. The molecule has 0 fully saturated rings. The van der Waals surface area contributed by atoms with Gasteiger partial charge in [-0.3, -0.25) is 9.52 Å². The third kappa shape index (κ3) is 5.39. The molecule has 0 heterocycles. The predicted octanol–water partition coefficient (Wildman–Crippen LogP) is 2.46. The summed E-state index contributed by atoms with van der Waals surface area (Å²) in [7, 11) is -1.72. The lowest BCUT2D eigenvalue weighted by Crippen LogP contribution is -2.13. The first-order valence-corrected chi connectivity index (χ1v) is 8.73. The molecule has 2 aromatic rings. The van der Waals surface area contributed by atoms with Gasteiger partial charge in [-0.2, -0.15) is 0 Å². The lowest BCUT2D eigenvalue weighted by Gasteiger charge is -2.08. The van der Waals surface area contributed by atoms with Gasteiger partial charge < -0.3 is 10.1 Å². The summed E-state index contributed by atoms with van der Waals surface area (Å²) in [5.41, 5.74) is 2.45. The monoisotopic (exact) mass is 334 g/mol. The number of methoxy groups -OCH3 is 1. The summed E-state index contributed by atoms with van der Waals surface area (Å²) in [6.07, 6.45) is 1.08. The minimum atomic E-state index is -3.32. The highest BCUT2D eigenvalue weighted by molar-refractivity contribution is 7.92. The molecule has 1 amide bonds. The van der Waals surface area contributed by atoms with E-state index in [9.17, 15) is 13.2 Å². The third-order valence-corrected chi connectivity index (χ3v) is 3.55. The van der Waals surface area contributed by atoms with Crippen LogP contribution >= 0.6 is 0 Å². The average Bonchev–Trinajstić information content (AvgIpc) is 2.48. The zero-order chi connectivity index (χ0) is 16.9. The first kappa shape index (κ1) is 17.0. The maximum atomic E-state index is 12.2. The number of anilines is 2. The van der Waals surface area contributed by atoms with Crippen LogP contribution in [0.1, 0.15) is 15.9 Å². The van der Waals surface area contributed by atoms with E-state index < -0.39 is 10.0 Å². The first-order valence-electron chi connectivity index (χ1n) is 6.84. The first-order chi connectivity index (χ1) is 10.9. The van der Waals surface area contributed by atoms with Crippen LogP contribution in [0.4, 0.5) is 11.4 Å².